The van der Waals surface area contributed by atoms with Gasteiger partial charge in [-0.05, 0) is 12.8 Å². The molecule has 1 N–H and O–H groups in total. The molecule has 0 aromatic rings. The van der Waals surface area contributed by atoms with Crippen LogP contribution in [0.1, 0.15) is 19.3 Å². The van der Waals surface area contributed by atoms with Crippen molar-refractivity contribution < 1.29 is 4.84 Å². The number of hydrogen-bond donors (Lipinski definition) is 1. The lowest BCUT2D eigenvalue weighted by atomic mass is 10.1. The van der Waals surface area contributed by atoms with Gasteiger partial charge in [0, 0.05) is 12.5 Å². The van der Waals surface area contributed by atoms with E-state index in [1.54, 1.807) is 0 Å². The molecule has 2 heteroatoms. The summed E-state index contributed by atoms with van der Waals surface area (Å²) >= 11 is 0. The van der Waals surface area contributed by atoms with Crippen molar-refractivity contribution in [2.45, 2.75) is 25.4 Å². The first kappa shape index (κ1) is 4.77. The van der Waals surface area contributed by atoms with Gasteiger partial charge in [-0.1, -0.05) is 6.42 Å². The smallest absolute Gasteiger partial charge is 0.0831 e. The average molecular weight is 113 g/mol. The van der Waals surface area contributed by atoms with E-state index in [9.17, 15) is 0 Å². The molecule has 2 rings (SSSR count). The lowest BCUT2D eigenvalue weighted by molar-refractivity contribution is 0.0301. The zero-order chi connectivity index (χ0) is 5.40. The predicted molar refractivity (Wildman–Crippen MR) is 30.2 cm³/mol. The maximum absolute atomic E-state index is 5.23. The fraction of sp³-hybridized carbons (Fsp3) is 1.00. The van der Waals surface area contributed by atoms with Crippen LogP contribution in [-0.2, 0) is 4.84 Å². The maximum Gasteiger partial charge on any atom is 0.0831 e. The Morgan fingerprint density at radius 2 is 2.38 bits per heavy atom. The van der Waals surface area contributed by atoms with E-state index in [0.29, 0.717) is 6.10 Å². The maximum atomic E-state index is 5.23. The molecule has 0 spiro atoms. The summed E-state index contributed by atoms with van der Waals surface area (Å²) in [6, 6.07) is 0. The summed E-state index contributed by atoms with van der Waals surface area (Å²) in [7, 11) is 0. The second kappa shape index (κ2) is 1.71. The predicted octanol–water partition coefficient (Wildman–Crippen LogP) is 0.690. The molecular weight excluding hydrogens is 102 g/mol. The lowest BCUT2D eigenvalue weighted by Crippen LogP contribution is -2.08. The van der Waals surface area contributed by atoms with Crippen molar-refractivity contribution >= 4 is 0 Å². The van der Waals surface area contributed by atoms with Crippen molar-refractivity contribution in [1.82, 2.24) is 5.48 Å². The molecule has 0 radical (unpaired) electrons. The summed E-state index contributed by atoms with van der Waals surface area (Å²) in [4.78, 5) is 5.23. The van der Waals surface area contributed by atoms with Crippen molar-refractivity contribution in [3.63, 3.8) is 0 Å². The minimum Gasteiger partial charge on any atom is -0.298 e. The summed E-state index contributed by atoms with van der Waals surface area (Å²) in [5.74, 6) is 0.843. The Balaban J connectivity index is 2.04. The molecular formula is C6H11NO. The topological polar surface area (TPSA) is 21.3 Å². The molecule has 46 valence electrons. The van der Waals surface area contributed by atoms with E-state index < -0.39 is 0 Å². The summed E-state index contributed by atoms with van der Waals surface area (Å²) in [6.45, 7) is 1.09. The van der Waals surface area contributed by atoms with Crippen LogP contribution < -0.4 is 5.48 Å². The van der Waals surface area contributed by atoms with Crippen LogP contribution in [-0.4, -0.2) is 12.6 Å². The molecule has 2 aliphatic rings. The molecule has 2 fully saturated rings. The van der Waals surface area contributed by atoms with E-state index >= 15 is 0 Å². The quantitative estimate of drug-likeness (QED) is 0.499. The van der Waals surface area contributed by atoms with Gasteiger partial charge in [0.2, 0.25) is 0 Å². The molecule has 2 atom stereocenters. The Kier molecular flexibility index (Phi) is 1.02. The molecule has 1 aliphatic carbocycles. The van der Waals surface area contributed by atoms with Gasteiger partial charge in [-0.3, -0.25) is 4.84 Å². The molecule has 8 heavy (non-hydrogen) atoms. The molecule has 0 amide bonds. The van der Waals surface area contributed by atoms with Gasteiger partial charge >= 0.3 is 0 Å². The first-order valence-electron chi connectivity index (χ1n) is 3.35. The number of hydroxylamine groups is 1. The Hall–Kier alpha value is -0.0800. The largest absolute Gasteiger partial charge is 0.298 e. The van der Waals surface area contributed by atoms with Crippen LogP contribution in [0.25, 0.3) is 0 Å². The monoisotopic (exact) mass is 113 g/mol. The van der Waals surface area contributed by atoms with Crippen molar-refractivity contribution in [2.24, 2.45) is 5.92 Å². The highest BCUT2D eigenvalue weighted by molar-refractivity contribution is 4.81. The molecule has 0 bridgehead atoms. The van der Waals surface area contributed by atoms with Crippen LogP contribution in [0.5, 0.6) is 0 Å². The number of nitrogens with one attached hydrogen (secondary N) is 1. The van der Waals surface area contributed by atoms with Crippen molar-refractivity contribution in [1.29, 1.82) is 0 Å². The van der Waals surface area contributed by atoms with Crippen LogP contribution in [0.4, 0.5) is 0 Å². The van der Waals surface area contributed by atoms with E-state index in [2.05, 4.69) is 5.48 Å². The second-order valence-electron chi connectivity index (χ2n) is 2.70. The lowest BCUT2D eigenvalue weighted by Gasteiger charge is -2.01. The number of hydrogen-bond acceptors (Lipinski definition) is 2. The Morgan fingerprint density at radius 3 is 3.25 bits per heavy atom. The highest BCUT2D eigenvalue weighted by atomic mass is 16.7. The van der Waals surface area contributed by atoms with Crippen LogP contribution in [0, 0.1) is 5.92 Å². The molecule has 1 aliphatic heterocycles. The number of fused-ring (bicyclic) bond motifs is 1. The Labute approximate surface area is 49.2 Å². The van der Waals surface area contributed by atoms with Crippen molar-refractivity contribution in [3.8, 4) is 0 Å². The molecule has 0 unspecified atom stereocenters. The van der Waals surface area contributed by atoms with Crippen LogP contribution >= 0.6 is 0 Å². The van der Waals surface area contributed by atoms with Crippen molar-refractivity contribution in [2.75, 3.05) is 6.54 Å². The van der Waals surface area contributed by atoms with Gasteiger partial charge in [0.25, 0.3) is 0 Å². The van der Waals surface area contributed by atoms with Gasteiger partial charge in [0.1, 0.15) is 0 Å². The highest BCUT2D eigenvalue weighted by Gasteiger charge is 2.32. The Bertz CT molecular complexity index is 74.5. The first-order chi connectivity index (χ1) is 3.97. The minimum absolute atomic E-state index is 0.565. The minimum atomic E-state index is 0.565. The standard InChI is InChI=1S/C6H11NO/c1-2-5-4-7-8-6(5)3-1/h5-7H,1-4H2/t5-,6+/m0/s1. The van der Waals surface area contributed by atoms with Gasteiger partial charge in [-0.2, -0.15) is 0 Å². The average Bonchev–Trinajstić information content (AvgIpc) is 2.15. The zero-order valence-corrected chi connectivity index (χ0v) is 4.89. The van der Waals surface area contributed by atoms with E-state index in [-0.39, 0.29) is 0 Å². The third-order valence-electron chi connectivity index (χ3n) is 2.17. The zero-order valence-electron chi connectivity index (χ0n) is 4.89. The van der Waals surface area contributed by atoms with E-state index in [1.165, 1.54) is 19.3 Å². The van der Waals surface area contributed by atoms with Crippen LogP contribution in [0.15, 0.2) is 0 Å². The highest BCUT2D eigenvalue weighted by Crippen LogP contribution is 2.30. The normalized spacial score (nSPS) is 45.0. The third kappa shape index (κ3) is 0.565. The van der Waals surface area contributed by atoms with E-state index in [4.69, 9.17) is 4.84 Å². The van der Waals surface area contributed by atoms with Gasteiger partial charge in [0.05, 0.1) is 6.10 Å². The second-order valence-corrected chi connectivity index (χ2v) is 2.70. The molecule has 1 saturated carbocycles. The summed E-state index contributed by atoms with van der Waals surface area (Å²) in [5.41, 5.74) is 2.92. The van der Waals surface area contributed by atoms with Crippen LogP contribution in [0.3, 0.4) is 0 Å². The third-order valence-corrected chi connectivity index (χ3v) is 2.17. The SMILES string of the molecule is C1C[C@H]2CNO[C@@H]2C1. The first-order valence-corrected chi connectivity index (χ1v) is 3.35. The number of rotatable bonds is 0. The van der Waals surface area contributed by atoms with Gasteiger partial charge in [0.15, 0.2) is 0 Å². The summed E-state index contributed by atoms with van der Waals surface area (Å²) in [5, 5.41) is 0. The fourth-order valence-electron chi connectivity index (χ4n) is 1.65. The van der Waals surface area contributed by atoms with Crippen molar-refractivity contribution in [3.05, 3.63) is 0 Å². The van der Waals surface area contributed by atoms with Gasteiger partial charge in [-0.15, -0.1) is 0 Å². The molecule has 0 aromatic heterocycles. The van der Waals surface area contributed by atoms with Crippen LogP contribution in [0.2, 0.25) is 0 Å². The van der Waals surface area contributed by atoms with E-state index in [0.717, 1.165) is 12.5 Å². The van der Waals surface area contributed by atoms with Gasteiger partial charge in [-0.25, -0.2) is 5.48 Å². The van der Waals surface area contributed by atoms with Gasteiger partial charge < -0.3 is 0 Å². The molecule has 1 heterocycles. The van der Waals surface area contributed by atoms with E-state index in [1.807, 2.05) is 0 Å². The summed E-state index contributed by atoms with van der Waals surface area (Å²) < 4.78 is 0. The molecule has 1 saturated heterocycles. The Morgan fingerprint density at radius 1 is 1.38 bits per heavy atom. The molecule has 2 nitrogen and oxygen atoms in total. The summed E-state index contributed by atoms with van der Waals surface area (Å²) in [6.07, 6.45) is 4.58. The molecule has 0 aromatic carbocycles. The fourth-order valence-corrected chi connectivity index (χ4v) is 1.65.